The monoisotopic (exact) mass is 217 g/mol. The van der Waals surface area contributed by atoms with Gasteiger partial charge in [-0.05, 0) is 0 Å². The number of hydrogen-bond donors (Lipinski definition) is 1. The largest absolute Gasteiger partial charge is 1.00 e. The van der Waals surface area contributed by atoms with Crippen LogP contribution in [0.15, 0.2) is 0 Å². The Bertz CT molecular complexity index is 118. The normalized spacial score (nSPS) is 5.14. The quantitative estimate of drug-likeness (QED) is 0.232. The van der Waals surface area contributed by atoms with Crippen molar-refractivity contribution in [2.75, 3.05) is 0 Å². The second-order valence-corrected chi connectivity index (χ2v) is 0.685. The number of nitrogens with zero attached hydrogens (tertiary/aromatic N) is 3. The van der Waals surface area contributed by atoms with E-state index in [1.165, 1.54) is 0 Å². The standard InChI is InChI=1S/Li.HNO3.2NO3.Na/c;3*2-1(3)4;/h;(H,2,3,4);;;/q+1;;2*-1;+1. The summed E-state index contributed by atoms with van der Waals surface area (Å²) in [5, 5.41) is 43.1. The van der Waals surface area contributed by atoms with E-state index in [2.05, 4.69) is 0 Å². The molecule has 0 aromatic heterocycles. The molecule has 0 spiro atoms. The Morgan fingerprint density at radius 3 is 0.786 bits per heavy atom. The molecule has 0 fully saturated rings. The van der Waals surface area contributed by atoms with Crippen LogP contribution in [0.2, 0.25) is 0 Å². The molecule has 0 aliphatic heterocycles. The van der Waals surface area contributed by atoms with Crippen LogP contribution in [-0.2, 0) is 0 Å². The number of hydrogen-bond acceptors (Lipinski definition) is 8. The Balaban J connectivity index is -0.0000000270. The minimum Gasteiger partial charge on any atom is -0.356 e. The summed E-state index contributed by atoms with van der Waals surface area (Å²) in [7, 11) is 0. The van der Waals surface area contributed by atoms with Gasteiger partial charge in [0, 0.05) is 0 Å². The van der Waals surface area contributed by atoms with Gasteiger partial charge in [0.15, 0.2) is 0 Å². The average molecular weight is 217 g/mol. The number of rotatable bonds is 0. The van der Waals surface area contributed by atoms with E-state index in [0.29, 0.717) is 0 Å². The maximum absolute atomic E-state index is 8.36. The summed E-state index contributed by atoms with van der Waals surface area (Å²) in [6.07, 6.45) is 0. The predicted octanol–water partition coefficient (Wildman–Crippen LogP) is -6.82. The van der Waals surface area contributed by atoms with Crippen LogP contribution in [0.4, 0.5) is 0 Å². The first kappa shape index (κ1) is 29.2. The third kappa shape index (κ3) is 1810. The van der Waals surface area contributed by atoms with Crippen molar-refractivity contribution in [3.05, 3.63) is 40.8 Å². The molecule has 0 saturated carbocycles. The topological polar surface area (TPSA) is 196 Å². The van der Waals surface area contributed by atoms with E-state index >= 15 is 0 Å². The van der Waals surface area contributed by atoms with Gasteiger partial charge >= 0.3 is 48.4 Å². The minimum absolute atomic E-state index is 0. The summed E-state index contributed by atoms with van der Waals surface area (Å²) in [6.45, 7) is 0. The third-order valence-corrected chi connectivity index (χ3v) is 0. The van der Waals surface area contributed by atoms with E-state index in [9.17, 15) is 0 Å². The van der Waals surface area contributed by atoms with Gasteiger partial charge in [-0.1, -0.05) is 0 Å². The van der Waals surface area contributed by atoms with Crippen molar-refractivity contribution in [3.8, 4) is 0 Å². The summed E-state index contributed by atoms with van der Waals surface area (Å²) >= 11 is 0. The van der Waals surface area contributed by atoms with Crippen LogP contribution in [0.5, 0.6) is 0 Å². The maximum Gasteiger partial charge on any atom is 1.00 e. The molecule has 0 unspecified atom stereocenters. The Hall–Kier alpha value is -0.803. The molecule has 0 radical (unpaired) electrons. The van der Waals surface area contributed by atoms with Crippen molar-refractivity contribution in [1.82, 2.24) is 0 Å². The Kier molecular flexibility index (Phi) is 47.5. The molecule has 0 aliphatic rings. The molecule has 72 valence electrons. The van der Waals surface area contributed by atoms with Crippen molar-refractivity contribution < 1.29 is 68.9 Å². The van der Waals surface area contributed by atoms with Crippen molar-refractivity contribution in [1.29, 1.82) is 0 Å². The van der Waals surface area contributed by atoms with Crippen molar-refractivity contribution in [2.45, 2.75) is 0 Å². The van der Waals surface area contributed by atoms with Gasteiger partial charge in [0.1, 0.15) is 0 Å². The molecule has 0 heterocycles. The van der Waals surface area contributed by atoms with Crippen LogP contribution >= 0.6 is 0 Å². The van der Waals surface area contributed by atoms with Gasteiger partial charge in [0.2, 0.25) is 0 Å². The molecule has 0 bridgehead atoms. The van der Waals surface area contributed by atoms with Crippen LogP contribution in [0.25, 0.3) is 0 Å². The van der Waals surface area contributed by atoms with Crippen LogP contribution in [0.1, 0.15) is 0 Å². The molecule has 0 rings (SSSR count). The zero-order valence-electron chi connectivity index (χ0n) is 7.05. The third-order valence-electron chi connectivity index (χ3n) is 0. The van der Waals surface area contributed by atoms with Crippen LogP contribution in [0.3, 0.4) is 0 Å². The Morgan fingerprint density at radius 2 is 0.786 bits per heavy atom. The van der Waals surface area contributed by atoms with E-state index in [0.717, 1.165) is 0 Å². The average Bonchev–Trinajstić information content (AvgIpc) is 1.54. The summed E-state index contributed by atoms with van der Waals surface area (Å²) in [5.41, 5.74) is 0. The summed E-state index contributed by atoms with van der Waals surface area (Å²) < 4.78 is 0. The second-order valence-electron chi connectivity index (χ2n) is 0.685. The fourth-order valence-corrected chi connectivity index (χ4v) is 0. The van der Waals surface area contributed by atoms with E-state index in [4.69, 9.17) is 46.0 Å². The van der Waals surface area contributed by atoms with E-state index < -0.39 is 15.3 Å². The molecular weight excluding hydrogens is 216 g/mol. The van der Waals surface area contributed by atoms with Crippen molar-refractivity contribution in [2.24, 2.45) is 0 Å². The molecule has 12 nitrogen and oxygen atoms in total. The fraction of sp³-hybridized carbons (Fsp3) is 0. The fourth-order valence-electron chi connectivity index (χ4n) is 0. The minimum atomic E-state index is -1.75. The molecule has 14 heteroatoms. The first-order valence-electron chi connectivity index (χ1n) is 1.66. The zero-order chi connectivity index (χ0) is 10.7. The first-order valence-corrected chi connectivity index (χ1v) is 1.66. The molecule has 0 aromatic rings. The van der Waals surface area contributed by atoms with Crippen LogP contribution in [-0.4, -0.2) is 20.5 Å². The molecule has 1 N–H and O–H groups in total. The van der Waals surface area contributed by atoms with E-state index in [-0.39, 0.29) is 48.4 Å². The zero-order valence-corrected chi connectivity index (χ0v) is 9.05. The Labute approximate surface area is 109 Å². The summed E-state index contributed by atoms with van der Waals surface area (Å²) in [5.74, 6) is 0. The molecular formula is HLiN3NaO9. The van der Waals surface area contributed by atoms with Gasteiger partial charge in [-0.25, -0.2) is 0 Å². The smallest absolute Gasteiger partial charge is 0.356 e. The van der Waals surface area contributed by atoms with Gasteiger partial charge in [0.25, 0.3) is 5.09 Å². The van der Waals surface area contributed by atoms with Crippen LogP contribution in [0, 0.1) is 40.8 Å². The van der Waals surface area contributed by atoms with Gasteiger partial charge < -0.3 is 35.9 Å². The summed E-state index contributed by atoms with van der Waals surface area (Å²) in [4.78, 5) is 24.9. The predicted molar refractivity (Wildman–Crippen MR) is 29.5 cm³/mol. The summed E-state index contributed by atoms with van der Waals surface area (Å²) in [6, 6.07) is 0. The van der Waals surface area contributed by atoms with Gasteiger partial charge in [-0.3, -0.25) is 0 Å². The van der Waals surface area contributed by atoms with E-state index in [1.807, 2.05) is 0 Å². The molecule has 0 aliphatic carbocycles. The second kappa shape index (κ2) is 22.8. The molecule has 14 heavy (non-hydrogen) atoms. The molecule has 0 aromatic carbocycles. The molecule has 0 saturated heterocycles. The molecule has 0 amide bonds. The van der Waals surface area contributed by atoms with Gasteiger partial charge in [0.05, 0.1) is 10.2 Å². The SMILES string of the molecule is O=[N+]([O-])O.O=[N+]([O-])[O-].O=[N+]([O-])[O-].[Li+].[Na+]. The molecule has 0 atom stereocenters. The van der Waals surface area contributed by atoms with E-state index in [1.54, 1.807) is 0 Å². The van der Waals surface area contributed by atoms with Crippen molar-refractivity contribution >= 4 is 0 Å². The van der Waals surface area contributed by atoms with Gasteiger partial charge in [-0.2, -0.15) is 0 Å². The first-order chi connectivity index (χ1) is 5.20. The van der Waals surface area contributed by atoms with Gasteiger partial charge in [-0.15, -0.1) is 10.1 Å². The van der Waals surface area contributed by atoms with Crippen LogP contribution < -0.4 is 48.4 Å². The van der Waals surface area contributed by atoms with Crippen molar-refractivity contribution in [3.63, 3.8) is 0 Å². The maximum atomic E-state index is 8.36. The Morgan fingerprint density at radius 1 is 0.786 bits per heavy atom.